The molecular formula is C22H22N2O6. The first-order chi connectivity index (χ1) is 13.6. The summed E-state index contributed by atoms with van der Waals surface area (Å²) in [6, 6.07) is 24.2. The van der Waals surface area contributed by atoms with Gasteiger partial charge >= 0.3 is 11.9 Å². The average molecular weight is 410 g/mol. The molecule has 156 valence electrons. The molecule has 4 aromatic rings. The van der Waals surface area contributed by atoms with Gasteiger partial charge in [-0.3, -0.25) is 9.97 Å². The fourth-order valence-electron chi connectivity index (χ4n) is 2.17. The number of hydrogen-bond donors (Lipinski definition) is 2. The number of para-hydroxylation sites is 2. The Hall–Kier alpha value is -4.14. The maximum atomic E-state index is 9.55. The highest BCUT2D eigenvalue weighted by molar-refractivity contribution is 5.89. The van der Waals surface area contributed by atoms with Gasteiger partial charge in [-0.15, -0.1) is 0 Å². The Morgan fingerprint density at radius 3 is 1.27 bits per heavy atom. The molecule has 0 saturated carbocycles. The molecule has 6 N–H and O–H groups in total. The van der Waals surface area contributed by atoms with Crippen LogP contribution in [0.3, 0.4) is 0 Å². The number of carbonyl (C=O) groups is 2. The number of benzene rings is 2. The maximum Gasteiger partial charge on any atom is 0.328 e. The number of aromatic nitrogens is 2. The summed E-state index contributed by atoms with van der Waals surface area (Å²) in [6.07, 6.45) is 4.73. The molecule has 0 bridgehead atoms. The molecule has 2 aromatic heterocycles. The number of hydrogen-bond acceptors (Lipinski definition) is 4. The molecule has 8 heteroatoms. The fraction of sp³-hybridized carbons (Fsp3) is 0. The van der Waals surface area contributed by atoms with E-state index >= 15 is 0 Å². The van der Waals surface area contributed by atoms with Gasteiger partial charge in [-0.05, 0) is 24.3 Å². The van der Waals surface area contributed by atoms with Gasteiger partial charge in [0.25, 0.3) is 0 Å². The molecule has 0 amide bonds. The summed E-state index contributed by atoms with van der Waals surface area (Å²) < 4.78 is 0. The van der Waals surface area contributed by atoms with Crippen LogP contribution in [-0.4, -0.2) is 43.1 Å². The Morgan fingerprint density at radius 1 is 0.600 bits per heavy atom. The van der Waals surface area contributed by atoms with E-state index in [9.17, 15) is 9.59 Å². The Morgan fingerprint density at radius 2 is 0.933 bits per heavy atom. The van der Waals surface area contributed by atoms with Gasteiger partial charge < -0.3 is 21.2 Å². The van der Waals surface area contributed by atoms with Crippen LogP contribution in [0.5, 0.6) is 0 Å². The first-order valence-corrected chi connectivity index (χ1v) is 8.30. The van der Waals surface area contributed by atoms with Gasteiger partial charge in [-0.2, -0.15) is 0 Å². The number of rotatable bonds is 2. The zero-order valence-corrected chi connectivity index (χ0v) is 15.8. The first-order valence-electron chi connectivity index (χ1n) is 8.30. The molecule has 0 spiro atoms. The van der Waals surface area contributed by atoms with Crippen molar-refractivity contribution in [2.75, 3.05) is 0 Å². The van der Waals surface area contributed by atoms with Crippen molar-refractivity contribution in [3.63, 3.8) is 0 Å². The van der Waals surface area contributed by atoms with Crippen molar-refractivity contribution in [2.45, 2.75) is 0 Å². The summed E-state index contributed by atoms with van der Waals surface area (Å²) in [5, 5.41) is 18.0. The highest BCUT2D eigenvalue weighted by Crippen LogP contribution is 2.08. The lowest BCUT2D eigenvalue weighted by Crippen LogP contribution is -1.91. The summed E-state index contributed by atoms with van der Waals surface area (Å²) >= 11 is 0. The number of fused-ring (bicyclic) bond motifs is 2. The van der Waals surface area contributed by atoms with Crippen LogP contribution in [0, 0.1) is 0 Å². The average Bonchev–Trinajstić information content (AvgIpc) is 2.73. The zero-order chi connectivity index (χ0) is 20.2. The molecule has 2 aromatic carbocycles. The van der Waals surface area contributed by atoms with E-state index in [2.05, 4.69) is 34.2 Å². The van der Waals surface area contributed by atoms with E-state index in [1.807, 2.05) is 60.9 Å². The van der Waals surface area contributed by atoms with Gasteiger partial charge in [0, 0.05) is 35.3 Å². The van der Waals surface area contributed by atoms with Crippen molar-refractivity contribution in [2.24, 2.45) is 0 Å². The minimum Gasteiger partial charge on any atom is -0.478 e. The summed E-state index contributed by atoms with van der Waals surface area (Å²) in [5.74, 6) is -2.51. The molecule has 30 heavy (non-hydrogen) atoms. The van der Waals surface area contributed by atoms with E-state index in [-0.39, 0.29) is 11.0 Å². The van der Waals surface area contributed by atoms with Crippen molar-refractivity contribution >= 4 is 33.7 Å². The topological polar surface area (TPSA) is 163 Å². The Kier molecular flexibility index (Phi) is 12.0. The summed E-state index contributed by atoms with van der Waals surface area (Å²) in [7, 11) is 0. The summed E-state index contributed by atoms with van der Waals surface area (Å²) in [6.45, 7) is 0. The summed E-state index contributed by atoms with van der Waals surface area (Å²) in [5.41, 5.74) is 2.12. The first kappa shape index (κ1) is 25.9. The number of nitrogens with zero attached hydrogens (tertiary/aromatic N) is 2. The van der Waals surface area contributed by atoms with Crippen LogP contribution < -0.4 is 0 Å². The van der Waals surface area contributed by atoms with E-state index in [0.29, 0.717) is 12.2 Å². The number of aliphatic carboxylic acids is 2. The van der Waals surface area contributed by atoms with Crippen molar-refractivity contribution in [1.29, 1.82) is 0 Å². The molecule has 8 nitrogen and oxygen atoms in total. The minimum atomic E-state index is -1.26. The molecule has 0 aliphatic carbocycles. The quantitative estimate of drug-likeness (QED) is 0.482. The van der Waals surface area contributed by atoms with Gasteiger partial charge in [0.15, 0.2) is 0 Å². The molecule has 4 rings (SSSR count). The van der Waals surface area contributed by atoms with Crippen LogP contribution in [0.4, 0.5) is 0 Å². The Balaban J connectivity index is 0.000000411. The normalized spacial score (nSPS) is 9.20. The lowest BCUT2D eigenvalue weighted by Gasteiger charge is -1.91. The molecule has 0 atom stereocenters. The molecule has 0 aliphatic heterocycles. The number of carboxylic acids is 2. The smallest absolute Gasteiger partial charge is 0.328 e. The lowest BCUT2D eigenvalue weighted by molar-refractivity contribution is -0.134. The third-order valence-corrected chi connectivity index (χ3v) is 3.39. The van der Waals surface area contributed by atoms with Gasteiger partial charge in [-0.25, -0.2) is 9.59 Å². The number of pyridine rings is 2. The van der Waals surface area contributed by atoms with Crippen molar-refractivity contribution in [3.8, 4) is 0 Å². The predicted molar refractivity (Wildman–Crippen MR) is 115 cm³/mol. The van der Waals surface area contributed by atoms with Crippen LogP contribution in [0.2, 0.25) is 0 Å². The molecule has 0 aliphatic rings. The zero-order valence-electron chi connectivity index (χ0n) is 15.8. The number of carboxylic acid groups (broad SMARTS) is 2. The van der Waals surface area contributed by atoms with Gasteiger partial charge in [0.1, 0.15) is 0 Å². The van der Waals surface area contributed by atoms with Crippen LogP contribution in [-0.2, 0) is 9.59 Å². The highest BCUT2D eigenvalue weighted by Gasteiger charge is 1.88. The van der Waals surface area contributed by atoms with Crippen molar-refractivity contribution in [1.82, 2.24) is 9.97 Å². The highest BCUT2D eigenvalue weighted by atomic mass is 16.4. The standard InChI is InChI=1S/2C9H7N.C4H4O4.2H2O/c2*1-2-6-9-8(4-1)5-3-7-10-9;5-3(6)1-2-4(7)8;;/h2*1-7H;1-2H,(H,5,6)(H,7,8);2*1H2/b;;2-1+;;. The second-order valence-electron chi connectivity index (χ2n) is 5.40. The van der Waals surface area contributed by atoms with Crippen molar-refractivity contribution in [3.05, 3.63) is 97.3 Å². The SMILES string of the molecule is O.O.O=C(O)/C=C/C(=O)O.c1ccc2ncccc2c1.c1ccc2ncccc2c1. The predicted octanol–water partition coefficient (Wildman–Crippen LogP) is 2.53. The van der Waals surface area contributed by atoms with E-state index in [4.69, 9.17) is 10.2 Å². The van der Waals surface area contributed by atoms with Gasteiger partial charge in [0.2, 0.25) is 0 Å². The van der Waals surface area contributed by atoms with Crippen LogP contribution >= 0.6 is 0 Å². The summed E-state index contributed by atoms with van der Waals surface area (Å²) in [4.78, 5) is 27.5. The van der Waals surface area contributed by atoms with Gasteiger partial charge in [0.05, 0.1) is 11.0 Å². The second kappa shape index (κ2) is 13.9. The molecule has 0 saturated heterocycles. The third kappa shape index (κ3) is 9.18. The van der Waals surface area contributed by atoms with Crippen LogP contribution in [0.25, 0.3) is 21.8 Å². The van der Waals surface area contributed by atoms with E-state index in [1.165, 1.54) is 10.8 Å². The molecule has 0 unspecified atom stereocenters. The lowest BCUT2D eigenvalue weighted by atomic mass is 10.2. The maximum absolute atomic E-state index is 9.55. The monoisotopic (exact) mass is 410 g/mol. The molecule has 0 radical (unpaired) electrons. The molecule has 2 heterocycles. The largest absolute Gasteiger partial charge is 0.478 e. The Labute approximate surface area is 172 Å². The minimum absolute atomic E-state index is 0. The Bertz CT molecular complexity index is 881. The van der Waals surface area contributed by atoms with Crippen LogP contribution in [0.1, 0.15) is 0 Å². The molecular weight excluding hydrogens is 388 g/mol. The van der Waals surface area contributed by atoms with E-state index in [0.717, 1.165) is 11.0 Å². The van der Waals surface area contributed by atoms with Crippen LogP contribution in [0.15, 0.2) is 97.3 Å². The van der Waals surface area contributed by atoms with E-state index in [1.54, 1.807) is 0 Å². The second-order valence-corrected chi connectivity index (χ2v) is 5.40. The fourth-order valence-corrected chi connectivity index (χ4v) is 2.17. The van der Waals surface area contributed by atoms with Gasteiger partial charge in [-0.1, -0.05) is 48.5 Å². The van der Waals surface area contributed by atoms with E-state index < -0.39 is 11.9 Å². The van der Waals surface area contributed by atoms with Crippen molar-refractivity contribution < 1.29 is 30.8 Å². The molecule has 0 fully saturated rings. The third-order valence-electron chi connectivity index (χ3n) is 3.39.